The minimum Gasteiger partial charge on any atom is -0.452 e. The molecule has 0 fully saturated rings. The molecule has 0 aliphatic heterocycles. The van der Waals surface area contributed by atoms with E-state index in [1.807, 2.05) is 6.07 Å². The quantitative estimate of drug-likeness (QED) is 0.932. The predicted molar refractivity (Wildman–Crippen MR) is 68.6 cm³/mol. The van der Waals surface area contributed by atoms with Crippen molar-refractivity contribution >= 4 is 11.6 Å². The second-order valence-corrected chi connectivity index (χ2v) is 4.15. The van der Waals surface area contributed by atoms with Crippen LogP contribution in [0.5, 0.6) is 11.5 Å². The molecule has 96 valence electrons. The number of nitrogens with zero attached hydrogens (tertiary/aromatic N) is 1. The molecule has 5 heteroatoms. The highest BCUT2D eigenvalue weighted by Gasteiger charge is 2.12. The summed E-state index contributed by atoms with van der Waals surface area (Å²) in [7, 11) is 0. The first-order valence-electron chi connectivity index (χ1n) is 5.41. The molecule has 0 saturated heterocycles. The van der Waals surface area contributed by atoms with Gasteiger partial charge in [0.1, 0.15) is 5.75 Å². The summed E-state index contributed by atoms with van der Waals surface area (Å²) in [5.41, 5.74) is 0.773. The van der Waals surface area contributed by atoms with E-state index in [0.717, 1.165) is 0 Å². The van der Waals surface area contributed by atoms with E-state index in [9.17, 15) is 9.50 Å². The molecule has 0 heterocycles. The highest BCUT2D eigenvalue weighted by Crippen LogP contribution is 2.33. The van der Waals surface area contributed by atoms with Crippen LogP contribution in [0.4, 0.5) is 4.39 Å². The Kier molecular flexibility index (Phi) is 4.00. The van der Waals surface area contributed by atoms with E-state index in [2.05, 4.69) is 0 Å². The second-order valence-electron chi connectivity index (χ2n) is 3.75. The maximum atomic E-state index is 13.6. The Balaban J connectivity index is 2.41. The van der Waals surface area contributed by atoms with E-state index in [1.54, 1.807) is 0 Å². The number of rotatable bonds is 3. The highest BCUT2D eigenvalue weighted by atomic mass is 35.5. The SMILES string of the molecule is N#Cc1ccc(Oc2c(F)cccc2Cl)c(CO)c1. The summed E-state index contributed by atoms with van der Waals surface area (Å²) in [5.74, 6) is -0.446. The Morgan fingerprint density at radius 3 is 2.74 bits per heavy atom. The summed E-state index contributed by atoms with van der Waals surface area (Å²) < 4.78 is 19.0. The molecular weight excluding hydrogens is 269 g/mol. The number of ether oxygens (including phenoxy) is 1. The van der Waals surface area contributed by atoms with Gasteiger partial charge in [0.15, 0.2) is 11.6 Å². The van der Waals surface area contributed by atoms with Crippen LogP contribution < -0.4 is 4.74 Å². The van der Waals surface area contributed by atoms with Crippen LogP contribution >= 0.6 is 11.6 Å². The van der Waals surface area contributed by atoms with Crippen molar-refractivity contribution in [3.8, 4) is 17.6 Å². The van der Waals surface area contributed by atoms with Gasteiger partial charge < -0.3 is 9.84 Å². The van der Waals surface area contributed by atoms with E-state index in [0.29, 0.717) is 11.1 Å². The van der Waals surface area contributed by atoms with Crippen LogP contribution in [-0.2, 0) is 6.61 Å². The number of hydrogen-bond acceptors (Lipinski definition) is 3. The molecular formula is C14H9ClFNO2. The van der Waals surface area contributed by atoms with Crippen molar-refractivity contribution in [1.29, 1.82) is 5.26 Å². The topological polar surface area (TPSA) is 53.2 Å². The summed E-state index contributed by atoms with van der Waals surface area (Å²) >= 11 is 5.85. The highest BCUT2D eigenvalue weighted by molar-refractivity contribution is 6.32. The van der Waals surface area contributed by atoms with Gasteiger partial charge in [-0.05, 0) is 30.3 Å². The van der Waals surface area contributed by atoms with E-state index in [4.69, 9.17) is 21.6 Å². The minimum atomic E-state index is -0.597. The van der Waals surface area contributed by atoms with Gasteiger partial charge in [-0.2, -0.15) is 5.26 Å². The molecule has 2 rings (SSSR count). The standard InChI is InChI=1S/C14H9ClFNO2/c15-11-2-1-3-12(16)14(11)19-13-5-4-9(7-17)6-10(13)8-18/h1-6,18H,8H2. The van der Waals surface area contributed by atoms with E-state index in [-0.39, 0.29) is 23.1 Å². The first kappa shape index (κ1) is 13.3. The van der Waals surface area contributed by atoms with Crippen molar-refractivity contribution in [3.05, 3.63) is 58.4 Å². The second kappa shape index (κ2) is 5.70. The van der Waals surface area contributed by atoms with Crippen molar-refractivity contribution in [2.24, 2.45) is 0 Å². The zero-order valence-electron chi connectivity index (χ0n) is 9.73. The molecule has 0 saturated carbocycles. The van der Waals surface area contributed by atoms with Gasteiger partial charge in [0.25, 0.3) is 0 Å². The molecule has 0 spiro atoms. The van der Waals surface area contributed by atoms with Gasteiger partial charge in [0.2, 0.25) is 0 Å². The summed E-state index contributed by atoms with van der Waals surface area (Å²) in [5, 5.41) is 18.1. The van der Waals surface area contributed by atoms with Crippen LogP contribution in [-0.4, -0.2) is 5.11 Å². The predicted octanol–water partition coefficient (Wildman–Crippen LogP) is 3.64. The van der Waals surface area contributed by atoms with Crippen LogP contribution in [0.1, 0.15) is 11.1 Å². The number of aliphatic hydroxyl groups excluding tert-OH is 1. The number of hydrogen-bond donors (Lipinski definition) is 1. The van der Waals surface area contributed by atoms with Gasteiger partial charge in [0, 0.05) is 5.56 Å². The molecule has 2 aromatic rings. The third-order valence-electron chi connectivity index (χ3n) is 2.49. The van der Waals surface area contributed by atoms with E-state index >= 15 is 0 Å². The van der Waals surface area contributed by atoms with Crippen molar-refractivity contribution in [2.45, 2.75) is 6.61 Å². The lowest BCUT2D eigenvalue weighted by molar-refractivity contribution is 0.276. The Morgan fingerprint density at radius 2 is 2.11 bits per heavy atom. The molecule has 0 amide bonds. The summed E-state index contributed by atoms with van der Waals surface area (Å²) in [6.07, 6.45) is 0. The number of benzene rings is 2. The Bertz CT molecular complexity index is 632. The summed E-state index contributed by atoms with van der Waals surface area (Å²) in [4.78, 5) is 0. The van der Waals surface area contributed by atoms with Crippen LogP contribution in [0.25, 0.3) is 0 Å². The maximum absolute atomic E-state index is 13.6. The largest absolute Gasteiger partial charge is 0.452 e. The third kappa shape index (κ3) is 2.84. The molecule has 0 bridgehead atoms. The molecule has 0 unspecified atom stereocenters. The Morgan fingerprint density at radius 1 is 1.32 bits per heavy atom. The van der Waals surface area contributed by atoms with Crippen LogP contribution in [0, 0.1) is 17.1 Å². The number of nitriles is 1. The van der Waals surface area contributed by atoms with E-state index in [1.165, 1.54) is 36.4 Å². The van der Waals surface area contributed by atoms with Gasteiger partial charge in [0.05, 0.1) is 23.3 Å². The maximum Gasteiger partial charge on any atom is 0.181 e. The van der Waals surface area contributed by atoms with Crippen LogP contribution in [0.3, 0.4) is 0 Å². The van der Waals surface area contributed by atoms with Crippen molar-refractivity contribution in [3.63, 3.8) is 0 Å². The van der Waals surface area contributed by atoms with E-state index < -0.39 is 5.82 Å². The fourth-order valence-electron chi connectivity index (χ4n) is 1.56. The fraction of sp³-hybridized carbons (Fsp3) is 0.0714. The van der Waals surface area contributed by atoms with Gasteiger partial charge >= 0.3 is 0 Å². The lowest BCUT2D eigenvalue weighted by Crippen LogP contribution is -1.95. The normalized spacial score (nSPS) is 10.0. The first-order valence-corrected chi connectivity index (χ1v) is 5.79. The monoisotopic (exact) mass is 277 g/mol. The zero-order chi connectivity index (χ0) is 13.8. The average Bonchev–Trinajstić information content (AvgIpc) is 2.43. The molecule has 19 heavy (non-hydrogen) atoms. The molecule has 0 aliphatic rings. The molecule has 0 radical (unpaired) electrons. The fourth-order valence-corrected chi connectivity index (χ4v) is 1.76. The summed E-state index contributed by atoms with van der Waals surface area (Å²) in [6, 6.07) is 10.6. The molecule has 1 N–H and O–H groups in total. The van der Waals surface area contributed by atoms with Crippen molar-refractivity contribution in [1.82, 2.24) is 0 Å². The van der Waals surface area contributed by atoms with Gasteiger partial charge in [-0.3, -0.25) is 0 Å². The molecule has 0 aliphatic carbocycles. The smallest absolute Gasteiger partial charge is 0.181 e. The zero-order valence-corrected chi connectivity index (χ0v) is 10.5. The van der Waals surface area contributed by atoms with Gasteiger partial charge in [-0.1, -0.05) is 17.7 Å². The number of aliphatic hydroxyl groups is 1. The van der Waals surface area contributed by atoms with Gasteiger partial charge in [-0.15, -0.1) is 0 Å². The molecule has 2 aromatic carbocycles. The first-order chi connectivity index (χ1) is 9.15. The average molecular weight is 278 g/mol. The molecule has 3 nitrogen and oxygen atoms in total. The minimum absolute atomic E-state index is 0.108. The lowest BCUT2D eigenvalue weighted by atomic mass is 10.1. The van der Waals surface area contributed by atoms with Gasteiger partial charge in [-0.25, -0.2) is 4.39 Å². The van der Waals surface area contributed by atoms with Crippen LogP contribution in [0.15, 0.2) is 36.4 Å². The Hall–Kier alpha value is -2.09. The molecule has 0 atom stereocenters. The van der Waals surface area contributed by atoms with Crippen molar-refractivity contribution < 1.29 is 14.2 Å². The van der Waals surface area contributed by atoms with Crippen LogP contribution in [0.2, 0.25) is 5.02 Å². The summed E-state index contributed by atoms with van der Waals surface area (Å²) in [6.45, 7) is -0.322. The number of halogens is 2. The number of para-hydroxylation sites is 1. The Labute approximate surface area is 114 Å². The lowest BCUT2D eigenvalue weighted by Gasteiger charge is -2.11. The van der Waals surface area contributed by atoms with Crippen molar-refractivity contribution in [2.75, 3.05) is 0 Å². The third-order valence-corrected chi connectivity index (χ3v) is 2.79. The molecule has 0 aromatic heterocycles.